The van der Waals surface area contributed by atoms with Gasteiger partial charge in [-0.1, -0.05) is 0 Å². The van der Waals surface area contributed by atoms with Crippen molar-refractivity contribution in [3.05, 3.63) is 0 Å². The SMILES string of the molecule is C[C@]1(CCl)[C@H](C(=O)O)N2C(=O)C[C@@H]2S1(=O)=O.OCO. The number of hydrogen-bond donors (Lipinski definition) is 3. The van der Waals surface area contributed by atoms with Crippen molar-refractivity contribution in [3.8, 4) is 0 Å². The molecule has 2 aliphatic rings. The molecule has 0 unspecified atom stereocenters. The molecule has 19 heavy (non-hydrogen) atoms. The first-order chi connectivity index (χ1) is 8.68. The maximum absolute atomic E-state index is 12.0. The molecule has 0 spiro atoms. The summed E-state index contributed by atoms with van der Waals surface area (Å²) in [7, 11) is -3.71. The van der Waals surface area contributed by atoms with Crippen molar-refractivity contribution >= 4 is 33.3 Å². The number of rotatable bonds is 2. The fourth-order valence-electron chi connectivity index (χ4n) is 2.26. The number of carbonyl (C=O) groups excluding carboxylic acids is 1. The van der Waals surface area contributed by atoms with Gasteiger partial charge >= 0.3 is 5.97 Å². The van der Waals surface area contributed by atoms with Crippen molar-refractivity contribution in [3.63, 3.8) is 0 Å². The number of fused-ring (bicyclic) bond motifs is 1. The summed E-state index contributed by atoms with van der Waals surface area (Å²) in [6.45, 7) is 0.528. The zero-order valence-electron chi connectivity index (χ0n) is 9.98. The first kappa shape index (κ1) is 16.2. The number of sulfone groups is 1. The molecule has 2 heterocycles. The highest BCUT2D eigenvalue weighted by molar-refractivity contribution is 7.94. The van der Waals surface area contributed by atoms with Crippen molar-refractivity contribution < 1.29 is 33.3 Å². The summed E-state index contributed by atoms with van der Waals surface area (Å²) in [5.41, 5.74) is 0. The number of amides is 1. The van der Waals surface area contributed by atoms with Crippen LogP contribution < -0.4 is 0 Å². The molecule has 0 aromatic heterocycles. The van der Waals surface area contributed by atoms with Crippen LogP contribution in [0.25, 0.3) is 0 Å². The number of aliphatic hydroxyl groups is 2. The van der Waals surface area contributed by atoms with Crippen LogP contribution >= 0.6 is 11.6 Å². The van der Waals surface area contributed by atoms with Gasteiger partial charge in [0, 0.05) is 5.88 Å². The normalized spacial score (nSPS) is 34.9. The lowest BCUT2D eigenvalue weighted by Gasteiger charge is -2.35. The molecule has 0 radical (unpaired) electrons. The molecule has 2 saturated heterocycles. The Hall–Kier alpha value is -0.900. The van der Waals surface area contributed by atoms with E-state index < -0.39 is 44.7 Å². The summed E-state index contributed by atoms with van der Waals surface area (Å²) in [6.07, 6.45) is -0.140. The second-order valence-electron chi connectivity index (χ2n) is 4.33. The monoisotopic (exact) mass is 315 g/mol. The Morgan fingerprint density at radius 2 is 2.00 bits per heavy atom. The Morgan fingerprint density at radius 3 is 2.32 bits per heavy atom. The van der Waals surface area contributed by atoms with Crippen molar-refractivity contribution in [2.75, 3.05) is 12.7 Å². The summed E-state index contributed by atoms with van der Waals surface area (Å²) in [4.78, 5) is 23.3. The van der Waals surface area contributed by atoms with Gasteiger partial charge in [0.2, 0.25) is 5.91 Å². The summed E-state index contributed by atoms with van der Waals surface area (Å²) >= 11 is 5.60. The molecule has 110 valence electrons. The summed E-state index contributed by atoms with van der Waals surface area (Å²) in [5, 5.41) is 22.3. The van der Waals surface area contributed by atoms with Crippen LogP contribution in [0.2, 0.25) is 0 Å². The van der Waals surface area contributed by atoms with Gasteiger partial charge in [0.15, 0.2) is 15.9 Å². The third-order valence-corrected chi connectivity index (χ3v) is 6.80. The van der Waals surface area contributed by atoms with E-state index >= 15 is 0 Å². The number of carbonyl (C=O) groups is 2. The van der Waals surface area contributed by atoms with Crippen LogP contribution in [-0.2, 0) is 19.4 Å². The summed E-state index contributed by atoms with van der Waals surface area (Å²) in [6, 6.07) is -1.37. The lowest BCUT2D eigenvalue weighted by Crippen LogP contribution is -2.57. The van der Waals surface area contributed by atoms with Crippen LogP contribution in [0.5, 0.6) is 0 Å². The number of carboxylic acids is 1. The Balaban J connectivity index is 0.000000550. The maximum Gasteiger partial charge on any atom is 0.328 e. The van der Waals surface area contributed by atoms with E-state index in [2.05, 4.69) is 0 Å². The average molecular weight is 316 g/mol. The fourth-order valence-corrected chi connectivity index (χ4v) is 5.06. The third kappa shape index (κ3) is 2.10. The lowest BCUT2D eigenvalue weighted by atomic mass is 9.98. The van der Waals surface area contributed by atoms with Gasteiger partial charge in [-0.15, -0.1) is 11.6 Å². The minimum atomic E-state index is -3.71. The number of halogens is 1. The predicted molar refractivity (Wildman–Crippen MR) is 64.0 cm³/mol. The van der Waals surface area contributed by atoms with Gasteiger partial charge in [-0.05, 0) is 6.92 Å². The van der Waals surface area contributed by atoms with Crippen molar-refractivity contribution in [1.82, 2.24) is 4.90 Å². The number of carboxylic acid groups (broad SMARTS) is 1. The van der Waals surface area contributed by atoms with Crippen LogP contribution in [0.3, 0.4) is 0 Å². The van der Waals surface area contributed by atoms with Crippen molar-refractivity contribution in [2.24, 2.45) is 0 Å². The zero-order valence-corrected chi connectivity index (χ0v) is 11.6. The smallest absolute Gasteiger partial charge is 0.328 e. The molecule has 2 aliphatic heterocycles. The molecule has 0 bridgehead atoms. The summed E-state index contributed by atoms with van der Waals surface area (Å²) < 4.78 is 22.5. The van der Waals surface area contributed by atoms with E-state index in [-0.39, 0.29) is 12.3 Å². The minimum Gasteiger partial charge on any atom is -0.480 e. The molecule has 8 nitrogen and oxygen atoms in total. The average Bonchev–Trinajstić information content (AvgIpc) is 2.45. The molecule has 3 N–H and O–H groups in total. The number of β-lactam (4-membered cyclic amide) rings is 1. The van der Waals surface area contributed by atoms with E-state index in [1.807, 2.05) is 0 Å². The van der Waals surface area contributed by atoms with E-state index in [1.165, 1.54) is 6.92 Å². The van der Waals surface area contributed by atoms with E-state index in [4.69, 9.17) is 26.9 Å². The second kappa shape index (κ2) is 5.23. The molecule has 10 heteroatoms. The minimum absolute atomic E-state index is 0.140. The first-order valence-electron chi connectivity index (χ1n) is 5.24. The van der Waals surface area contributed by atoms with Gasteiger partial charge in [0.05, 0.1) is 6.42 Å². The molecule has 0 aromatic carbocycles. The van der Waals surface area contributed by atoms with Gasteiger partial charge in [0.25, 0.3) is 0 Å². The van der Waals surface area contributed by atoms with Gasteiger partial charge in [0.1, 0.15) is 16.9 Å². The van der Waals surface area contributed by atoms with E-state index in [9.17, 15) is 18.0 Å². The quantitative estimate of drug-likeness (QED) is 0.316. The van der Waals surface area contributed by atoms with E-state index in [1.54, 1.807) is 0 Å². The van der Waals surface area contributed by atoms with Gasteiger partial charge in [-0.3, -0.25) is 4.79 Å². The molecule has 0 aromatic rings. The molecule has 2 rings (SSSR count). The predicted octanol–water partition coefficient (Wildman–Crippen LogP) is -1.65. The number of aliphatic carboxylic acids is 1. The molecule has 1 amide bonds. The second-order valence-corrected chi connectivity index (χ2v) is 7.17. The van der Waals surface area contributed by atoms with Gasteiger partial charge < -0.3 is 20.2 Å². The highest BCUT2D eigenvalue weighted by Gasteiger charge is 2.69. The molecule has 0 aliphatic carbocycles. The summed E-state index contributed by atoms with van der Waals surface area (Å²) in [5.74, 6) is -2.12. The van der Waals surface area contributed by atoms with Crippen LogP contribution in [0.15, 0.2) is 0 Å². The highest BCUT2D eigenvalue weighted by Crippen LogP contribution is 2.46. The van der Waals surface area contributed by atoms with Crippen LogP contribution in [0.4, 0.5) is 0 Å². The Bertz CT molecular complexity index is 493. The van der Waals surface area contributed by atoms with Crippen LogP contribution in [0.1, 0.15) is 13.3 Å². The molecule has 2 fully saturated rings. The molecule has 3 atom stereocenters. The zero-order chi connectivity index (χ0) is 15.0. The number of hydrogen-bond acceptors (Lipinski definition) is 6. The fraction of sp³-hybridized carbons (Fsp3) is 0.778. The largest absolute Gasteiger partial charge is 0.480 e. The third-order valence-electron chi connectivity index (χ3n) is 3.31. The van der Waals surface area contributed by atoms with E-state index in [0.717, 1.165) is 4.90 Å². The molecular formula is C9H14ClNO7S. The molecule has 0 saturated carbocycles. The van der Waals surface area contributed by atoms with Gasteiger partial charge in [-0.2, -0.15) is 0 Å². The van der Waals surface area contributed by atoms with Crippen molar-refractivity contribution in [1.29, 1.82) is 0 Å². The number of aliphatic hydroxyl groups excluding tert-OH is 1. The lowest BCUT2D eigenvalue weighted by molar-refractivity contribution is -0.157. The maximum atomic E-state index is 12.0. The number of alkyl halides is 1. The topological polar surface area (TPSA) is 132 Å². The Morgan fingerprint density at radius 1 is 1.53 bits per heavy atom. The van der Waals surface area contributed by atoms with Crippen LogP contribution in [-0.4, -0.2) is 69.3 Å². The van der Waals surface area contributed by atoms with E-state index in [0.29, 0.717) is 0 Å². The van der Waals surface area contributed by atoms with Crippen molar-refractivity contribution in [2.45, 2.75) is 29.5 Å². The Labute approximate surface area is 114 Å². The Kier molecular flexibility index (Phi) is 4.45. The highest BCUT2D eigenvalue weighted by atomic mass is 35.5. The first-order valence-corrected chi connectivity index (χ1v) is 7.32. The standard InChI is InChI=1S/C8H10ClNO5S.CH4O2/c1-8(3-9)6(7(12)13)10-4(11)2-5(10)16(8,14)15;2-1-3/h5-6H,2-3H2,1H3,(H,12,13);2-3H,1H2/t5-,6-,8-;/m0./s1. The van der Waals surface area contributed by atoms with Gasteiger partial charge in [-0.25, -0.2) is 13.2 Å². The number of nitrogens with zero attached hydrogens (tertiary/aromatic N) is 1. The molecular weight excluding hydrogens is 302 g/mol. The van der Waals surface area contributed by atoms with Crippen LogP contribution in [0, 0.1) is 0 Å².